The van der Waals surface area contributed by atoms with Gasteiger partial charge in [0.1, 0.15) is 5.82 Å². The van der Waals surface area contributed by atoms with Crippen molar-refractivity contribution in [3.05, 3.63) is 40.5 Å². The van der Waals surface area contributed by atoms with Crippen LogP contribution in [-0.2, 0) is 11.3 Å². The van der Waals surface area contributed by atoms with Crippen LogP contribution in [0.5, 0.6) is 0 Å². The van der Waals surface area contributed by atoms with Crippen LogP contribution in [-0.4, -0.2) is 41.7 Å². The lowest BCUT2D eigenvalue weighted by atomic mass is 10.1. The molecule has 1 aromatic heterocycles. The van der Waals surface area contributed by atoms with Gasteiger partial charge >= 0.3 is 0 Å². The number of anilines is 1. The Morgan fingerprint density at radius 1 is 1.31 bits per heavy atom. The zero-order chi connectivity index (χ0) is 21.0. The number of aromatic nitrogens is 2. The fraction of sp³-hybridized carbons (Fsp3) is 0.476. The monoisotopic (exact) mass is 419 g/mol. The van der Waals surface area contributed by atoms with E-state index >= 15 is 0 Å². The van der Waals surface area contributed by atoms with Gasteiger partial charge in [-0.2, -0.15) is 0 Å². The molecule has 1 aliphatic heterocycles. The van der Waals surface area contributed by atoms with E-state index in [1.54, 1.807) is 6.20 Å². The largest absolute Gasteiger partial charge is 0.356 e. The number of nitrogens with two attached hydrogens (primary N) is 1. The summed E-state index contributed by atoms with van der Waals surface area (Å²) in [6, 6.07) is 5.76. The van der Waals surface area contributed by atoms with E-state index in [4.69, 9.17) is 16.6 Å². The third-order valence-electron chi connectivity index (χ3n) is 5.21. The first-order valence-corrected chi connectivity index (χ1v) is 10.3. The number of halogens is 2. The van der Waals surface area contributed by atoms with Crippen molar-refractivity contribution in [1.29, 1.82) is 0 Å². The summed E-state index contributed by atoms with van der Waals surface area (Å²) in [6.07, 6.45) is 4.55. The second-order valence-corrected chi connectivity index (χ2v) is 7.76. The summed E-state index contributed by atoms with van der Waals surface area (Å²) in [5, 5.41) is 3.37. The molecule has 8 heteroatoms. The summed E-state index contributed by atoms with van der Waals surface area (Å²) in [5.74, 6) is 0.862. The fourth-order valence-corrected chi connectivity index (χ4v) is 3.45. The van der Waals surface area contributed by atoms with E-state index in [1.807, 2.05) is 25.1 Å². The number of rotatable bonds is 5. The molecular weight excluding hydrogens is 393 g/mol. The Hall–Kier alpha value is -2.25. The van der Waals surface area contributed by atoms with E-state index in [0.29, 0.717) is 23.7 Å². The second-order valence-electron chi connectivity index (χ2n) is 7.35. The summed E-state index contributed by atoms with van der Waals surface area (Å²) in [5.41, 5.74) is 5.48. The average molecular weight is 420 g/mol. The predicted octanol–water partition coefficient (Wildman–Crippen LogP) is 3.40. The van der Waals surface area contributed by atoms with Crippen LogP contribution in [0, 0.1) is 6.92 Å². The van der Waals surface area contributed by atoms with Gasteiger partial charge < -0.3 is 16.0 Å². The van der Waals surface area contributed by atoms with E-state index in [9.17, 15) is 9.18 Å². The maximum atomic E-state index is 13.9. The zero-order valence-electron chi connectivity index (χ0n) is 16.8. The number of carbonyl (C=O) groups excluding carboxylic acids is 1. The van der Waals surface area contributed by atoms with Crippen molar-refractivity contribution >= 4 is 23.3 Å². The van der Waals surface area contributed by atoms with Crippen LogP contribution >= 0.6 is 11.6 Å². The van der Waals surface area contributed by atoms with Gasteiger partial charge in [-0.3, -0.25) is 4.79 Å². The maximum absolute atomic E-state index is 13.9. The van der Waals surface area contributed by atoms with Crippen LogP contribution < -0.4 is 16.0 Å². The van der Waals surface area contributed by atoms with Crippen LogP contribution in [0.3, 0.4) is 0 Å². The van der Waals surface area contributed by atoms with Crippen LogP contribution in [0.1, 0.15) is 36.8 Å². The Morgan fingerprint density at radius 2 is 2.00 bits per heavy atom. The van der Waals surface area contributed by atoms with E-state index < -0.39 is 11.6 Å². The molecule has 0 atom stereocenters. The molecule has 0 radical (unpaired) electrons. The Morgan fingerprint density at radius 3 is 2.62 bits per heavy atom. The van der Waals surface area contributed by atoms with E-state index in [1.165, 1.54) is 7.05 Å². The van der Waals surface area contributed by atoms with Gasteiger partial charge in [0.05, 0.1) is 0 Å². The predicted molar refractivity (Wildman–Crippen MR) is 114 cm³/mol. The molecule has 0 spiro atoms. The molecule has 2 aliphatic rings. The summed E-state index contributed by atoms with van der Waals surface area (Å²) in [4.78, 5) is 23.4. The number of aryl methyl sites for hydroxylation is 1. The molecule has 1 aliphatic carbocycles. The van der Waals surface area contributed by atoms with Crippen LogP contribution in [0.4, 0.5) is 10.2 Å². The molecule has 156 valence electrons. The quantitative estimate of drug-likeness (QED) is 0.775. The number of nitrogens with one attached hydrogen (secondary N) is 1. The number of hydrogen-bond donors (Lipinski definition) is 2. The maximum Gasteiger partial charge on any atom is 0.257 e. The molecule has 1 saturated carbocycles. The van der Waals surface area contributed by atoms with Crippen molar-refractivity contribution in [3.8, 4) is 11.4 Å². The van der Waals surface area contributed by atoms with Crippen LogP contribution in [0.2, 0.25) is 5.02 Å². The first-order chi connectivity index (χ1) is 14.0. The Bertz CT molecular complexity index is 881. The minimum atomic E-state index is -1.67. The molecule has 2 aromatic rings. The highest BCUT2D eigenvalue weighted by Gasteiger charge is 2.50. The van der Waals surface area contributed by atoms with Crippen LogP contribution in [0.15, 0.2) is 24.4 Å². The molecule has 3 N–H and O–H groups in total. The summed E-state index contributed by atoms with van der Waals surface area (Å²) >= 11 is 6.25. The molecule has 4 rings (SSSR count). The highest BCUT2D eigenvalue weighted by atomic mass is 35.5. The van der Waals surface area contributed by atoms with E-state index in [-0.39, 0.29) is 6.54 Å². The fourth-order valence-electron chi connectivity index (χ4n) is 3.27. The number of alkyl halides is 1. The molecule has 1 amide bonds. The van der Waals surface area contributed by atoms with Gasteiger partial charge in [-0.05, 0) is 51.3 Å². The minimum Gasteiger partial charge on any atom is -0.356 e. The van der Waals surface area contributed by atoms with E-state index in [0.717, 1.165) is 48.4 Å². The second kappa shape index (κ2) is 9.05. The van der Waals surface area contributed by atoms with Crippen molar-refractivity contribution in [1.82, 2.24) is 15.3 Å². The van der Waals surface area contributed by atoms with Crippen molar-refractivity contribution in [2.75, 3.05) is 25.0 Å². The molecule has 1 saturated heterocycles. The number of carbonyl (C=O) groups is 1. The van der Waals surface area contributed by atoms with Gasteiger partial charge in [-0.15, -0.1) is 0 Å². The van der Waals surface area contributed by atoms with Gasteiger partial charge in [0.25, 0.3) is 5.91 Å². The van der Waals surface area contributed by atoms with E-state index in [2.05, 4.69) is 20.9 Å². The number of nitrogens with zero attached hydrogens (tertiary/aromatic N) is 3. The van der Waals surface area contributed by atoms with Gasteiger partial charge in [-0.1, -0.05) is 23.7 Å². The van der Waals surface area contributed by atoms with Crippen molar-refractivity contribution in [2.45, 2.75) is 44.8 Å². The number of amides is 1. The summed E-state index contributed by atoms with van der Waals surface area (Å²) in [6.45, 7) is 4.01. The first kappa shape index (κ1) is 21.5. The normalized spacial score (nSPS) is 16.8. The molecule has 1 aromatic carbocycles. The van der Waals surface area contributed by atoms with Crippen LogP contribution in [0.25, 0.3) is 11.4 Å². The highest BCUT2D eigenvalue weighted by molar-refractivity contribution is 6.31. The molecule has 2 heterocycles. The highest BCUT2D eigenvalue weighted by Crippen LogP contribution is 2.40. The van der Waals surface area contributed by atoms with Gasteiger partial charge in [0.2, 0.25) is 0 Å². The molecule has 0 bridgehead atoms. The minimum absolute atomic E-state index is 0.227. The summed E-state index contributed by atoms with van der Waals surface area (Å²) in [7, 11) is 1.50. The molecule has 0 unspecified atom stereocenters. The summed E-state index contributed by atoms with van der Waals surface area (Å²) < 4.78 is 13.9. The lowest BCUT2D eigenvalue weighted by molar-refractivity contribution is -0.127. The zero-order valence-corrected chi connectivity index (χ0v) is 17.6. The lowest BCUT2D eigenvalue weighted by Crippen LogP contribution is -2.33. The Labute approximate surface area is 175 Å². The third kappa shape index (κ3) is 4.85. The molecule has 6 nitrogen and oxygen atoms in total. The van der Waals surface area contributed by atoms with Gasteiger partial charge in [0.15, 0.2) is 11.5 Å². The lowest BCUT2D eigenvalue weighted by Gasteiger charge is -2.21. The third-order valence-corrected chi connectivity index (χ3v) is 5.62. The van der Waals surface area contributed by atoms with Gasteiger partial charge in [-0.25, -0.2) is 14.4 Å². The SMILES string of the molecule is CN.Cc1ccc(-c2ncc(CNC(=O)C3(F)CC3)c(N3CCCC3)n2)cc1Cl. The van der Waals surface area contributed by atoms with Crippen molar-refractivity contribution in [3.63, 3.8) is 0 Å². The molecule has 2 fully saturated rings. The number of benzene rings is 1. The smallest absolute Gasteiger partial charge is 0.257 e. The first-order valence-electron chi connectivity index (χ1n) is 9.89. The standard InChI is InChI=1S/C20H22ClFN4O.CH5N/c1-13-4-5-14(10-16(13)21)17-23-11-15(12-24-19(27)20(22)6-7-20)18(25-17)26-8-2-3-9-26;1-2/h4-5,10-11H,2-3,6-9,12H2,1H3,(H,24,27);2H2,1H3. The van der Waals surface area contributed by atoms with Gasteiger partial charge in [0, 0.05) is 42.0 Å². The molecular formula is C21H27ClFN5O. The van der Waals surface area contributed by atoms with Crippen molar-refractivity contribution < 1.29 is 9.18 Å². The molecule has 29 heavy (non-hydrogen) atoms. The van der Waals surface area contributed by atoms with Crippen molar-refractivity contribution in [2.24, 2.45) is 5.73 Å². The number of hydrogen-bond acceptors (Lipinski definition) is 5. The Balaban J connectivity index is 0.00000117. The topological polar surface area (TPSA) is 84.1 Å². The average Bonchev–Trinajstić information content (AvgIpc) is 3.27. The Kier molecular flexibility index (Phi) is 6.70.